The van der Waals surface area contributed by atoms with Gasteiger partial charge >= 0.3 is 6.03 Å². The number of carbonyl (C=O) groups is 2. The zero-order valence-electron chi connectivity index (χ0n) is 8.54. The van der Waals surface area contributed by atoms with Crippen LogP contribution in [0.4, 0.5) is 4.79 Å². The highest BCUT2D eigenvalue weighted by atomic mass is 16.7. The Morgan fingerprint density at radius 3 is 1.53 bits per heavy atom. The highest BCUT2D eigenvalue weighted by Crippen LogP contribution is 1.80. The van der Waals surface area contributed by atoms with Crippen LogP contribution in [-0.4, -0.2) is 43.0 Å². The summed E-state index contributed by atoms with van der Waals surface area (Å²) in [6, 6.07) is -0.833. The first-order chi connectivity index (χ1) is 6.81. The molecule has 0 atom stereocenters. The van der Waals surface area contributed by atoms with Crippen molar-refractivity contribution in [2.24, 2.45) is 11.5 Å². The lowest BCUT2D eigenvalue weighted by molar-refractivity contribution is -0.143. The van der Waals surface area contributed by atoms with E-state index >= 15 is 0 Å². The van der Waals surface area contributed by atoms with Crippen molar-refractivity contribution in [3.63, 3.8) is 0 Å². The molecule has 0 aliphatic carbocycles. The second-order valence-corrected chi connectivity index (χ2v) is 1.79. The molecule has 2 amide bonds. The quantitative estimate of drug-likeness (QED) is 0.286. The molecule has 0 spiro atoms. The van der Waals surface area contributed by atoms with E-state index < -0.39 is 18.3 Å². The summed E-state index contributed by atoms with van der Waals surface area (Å²) in [5.74, 6) is -0.833. The molecule has 0 heterocycles. The van der Waals surface area contributed by atoms with E-state index in [0.29, 0.717) is 6.29 Å². The van der Waals surface area contributed by atoms with Gasteiger partial charge in [0.15, 0.2) is 6.29 Å². The van der Waals surface area contributed by atoms with Gasteiger partial charge in [0, 0.05) is 14.2 Å². The molecule has 15 heavy (non-hydrogen) atoms. The van der Waals surface area contributed by atoms with E-state index in [2.05, 4.69) is 27.5 Å². The highest BCUT2D eigenvalue weighted by Gasteiger charge is 1.97. The molecular formula is C7H16N2O6. The summed E-state index contributed by atoms with van der Waals surface area (Å²) < 4.78 is 8.92. The topological polar surface area (TPSA) is 145 Å². The molecule has 8 heteroatoms. The summed E-state index contributed by atoms with van der Waals surface area (Å²) in [7, 11) is 2.81. The average molecular weight is 224 g/mol. The molecule has 0 unspecified atom stereocenters. The smallest absolute Gasteiger partial charge is 0.309 e. The Balaban J connectivity index is -0.000000155. The van der Waals surface area contributed by atoms with E-state index in [1.165, 1.54) is 14.2 Å². The fourth-order valence-electron chi connectivity index (χ4n) is 0.207. The number of ether oxygens (including phenoxy) is 2. The molecule has 0 saturated carbocycles. The number of hydrogen-bond donors (Lipinski definition) is 4. The molecule has 0 saturated heterocycles. The second kappa shape index (κ2) is 14.7. The molecule has 0 aromatic heterocycles. The minimum Gasteiger partial charge on any atom is -0.482 e. The van der Waals surface area contributed by atoms with Crippen molar-refractivity contribution in [3.8, 4) is 0 Å². The monoisotopic (exact) mass is 224 g/mol. The van der Waals surface area contributed by atoms with E-state index in [1.807, 2.05) is 0 Å². The van der Waals surface area contributed by atoms with Crippen LogP contribution < -0.4 is 11.5 Å². The van der Waals surface area contributed by atoms with Crippen LogP contribution in [0, 0.1) is 0 Å². The van der Waals surface area contributed by atoms with Crippen molar-refractivity contribution >= 4 is 12.3 Å². The number of rotatable bonds is 3. The van der Waals surface area contributed by atoms with Crippen LogP contribution in [0.2, 0.25) is 0 Å². The van der Waals surface area contributed by atoms with Gasteiger partial charge in [-0.15, -0.1) is 0 Å². The van der Waals surface area contributed by atoms with Crippen molar-refractivity contribution in [1.82, 2.24) is 0 Å². The molecule has 0 aliphatic rings. The fraction of sp³-hybridized carbons (Fsp3) is 0.429. The standard InChI is InChI=1S/C4H8O3.C2H4O2.CH4N2O/c1-6-4(3-5)7-2;1-2(3)4;2-1(3)4/h3-4H,1-2H3;3-4H,1H2;(H4,2,3,4). The lowest BCUT2D eigenvalue weighted by Crippen LogP contribution is -2.18. The molecule has 0 radical (unpaired) electrons. The van der Waals surface area contributed by atoms with Gasteiger partial charge in [-0.2, -0.15) is 0 Å². The SMILES string of the molecule is C=C(O)O.COC(C=O)OC.NC(N)=O. The Bertz CT molecular complexity index is 160. The Kier molecular flexibility index (Phi) is 18.5. The first-order valence-electron chi connectivity index (χ1n) is 3.44. The normalized spacial score (nSPS) is 7.67. The number of hydrogen-bond acceptors (Lipinski definition) is 6. The van der Waals surface area contributed by atoms with Gasteiger partial charge in [-0.3, -0.25) is 4.79 Å². The third-order valence-electron chi connectivity index (χ3n) is 0.576. The molecule has 0 bridgehead atoms. The van der Waals surface area contributed by atoms with Gasteiger partial charge in [0.05, 0.1) is 0 Å². The molecule has 0 rings (SSSR count). The first kappa shape index (κ1) is 18.9. The number of aliphatic hydroxyl groups excluding tert-OH is 1. The molecule has 90 valence electrons. The average Bonchev–Trinajstić information content (AvgIpc) is 2.05. The number of aliphatic hydroxyl groups is 2. The number of urea groups is 1. The maximum atomic E-state index is 9.72. The zero-order chi connectivity index (χ0) is 12.9. The predicted molar refractivity (Wildman–Crippen MR) is 52.0 cm³/mol. The number of primary amides is 2. The largest absolute Gasteiger partial charge is 0.482 e. The van der Waals surface area contributed by atoms with Gasteiger partial charge in [-0.25, -0.2) is 4.79 Å². The molecule has 0 aromatic rings. The molecule has 8 nitrogen and oxygen atoms in total. The Morgan fingerprint density at radius 2 is 1.53 bits per heavy atom. The molecular weight excluding hydrogens is 208 g/mol. The zero-order valence-corrected chi connectivity index (χ0v) is 8.54. The first-order valence-corrected chi connectivity index (χ1v) is 3.44. The van der Waals surface area contributed by atoms with Gasteiger partial charge in [0.25, 0.3) is 5.95 Å². The molecule has 6 N–H and O–H groups in total. The van der Waals surface area contributed by atoms with Crippen molar-refractivity contribution < 1.29 is 29.3 Å². The summed E-state index contributed by atoms with van der Waals surface area (Å²) >= 11 is 0. The van der Waals surface area contributed by atoms with Crippen molar-refractivity contribution in [3.05, 3.63) is 12.5 Å². The third kappa shape index (κ3) is 72.0. The number of carbonyl (C=O) groups excluding carboxylic acids is 2. The Hall–Kier alpha value is -1.80. The van der Waals surface area contributed by atoms with E-state index in [-0.39, 0.29) is 0 Å². The molecule has 0 fully saturated rings. The van der Waals surface area contributed by atoms with Crippen LogP contribution in [0.15, 0.2) is 12.5 Å². The predicted octanol–water partition coefficient (Wildman–Crippen LogP) is -0.598. The number of amides is 2. The second-order valence-electron chi connectivity index (χ2n) is 1.79. The van der Waals surface area contributed by atoms with Gasteiger partial charge < -0.3 is 31.2 Å². The lowest BCUT2D eigenvalue weighted by Gasteiger charge is -2.01. The van der Waals surface area contributed by atoms with Crippen LogP contribution in [-0.2, 0) is 14.3 Å². The molecule has 0 aliphatic heterocycles. The summed E-state index contributed by atoms with van der Waals surface area (Å²) in [6.07, 6.45) is -0.111. The van der Waals surface area contributed by atoms with Crippen LogP contribution in [0.1, 0.15) is 0 Å². The number of methoxy groups -OCH3 is 2. The summed E-state index contributed by atoms with van der Waals surface area (Å²) in [5, 5.41) is 14.8. The van der Waals surface area contributed by atoms with Gasteiger partial charge in [-0.1, -0.05) is 0 Å². The number of nitrogens with two attached hydrogens (primary N) is 2. The summed E-state index contributed by atoms with van der Waals surface area (Å²) in [4.78, 5) is 18.7. The maximum Gasteiger partial charge on any atom is 0.309 e. The van der Waals surface area contributed by atoms with Crippen molar-refractivity contribution in [2.45, 2.75) is 6.29 Å². The summed E-state index contributed by atoms with van der Waals surface area (Å²) in [6.45, 7) is 2.67. The van der Waals surface area contributed by atoms with Crippen molar-refractivity contribution in [1.29, 1.82) is 0 Å². The Morgan fingerprint density at radius 1 is 1.33 bits per heavy atom. The Labute approximate surface area is 87.1 Å². The van der Waals surface area contributed by atoms with E-state index in [0.717, 1.165) is 0 Å². The maximum absolute atomic E-state index is 9.72. The summed E-state index contributed by atoms with van der Waals surface area (Å²) in [5.41, 5.74) is 8.50. The van der Waals surface area contributed by atoms with E-state index in [9.17, 15) is 4.79 Å². The van der Waals surface area contributed by atoms with Crippen LogP contribution >= 0.6 is 0 Å². The van der Waals surface area contributed by atoms with Crippen molar-refractivity contribution in [2.75, 3.05) is 14.2 Å². The minimum atomic E-state index is -0.833. The fourth-order valence-corrected chi connectivity index (χ4v) is 0.207. The van der Waals surface area contributed by atoms with E-state index in [4.69, 9.17) is 15.0 Å². The van der Waals surface area contributed by atoms with Gasteiger partial charge in [0.1, 0.15) is 0 Å². The molecule has 0 aromatic carbocycles. The van der Waals surface area contributed by atoms with Crippen LogP contribution in [0.25, 0.3) is 0 Å². The van der Waals surface area contributed by atoms with Gasteiger partial charge in [0.2, 0.25) is 6.29 Å². The lowest BCUT2D eigenvalue weighted by atomic mass is 10.7. The van der Waals surface area contributed by atoms with E-state index in [1.54, 1.807) is 0 Å². The van der Waals surface area contributed by atoms with Gasteiger partial charge in [-0.05, 0) is 6.58 Å². The third-order valence-corrected chi connectivity index (χ3v) is 0.576. The van der Waals surface area contributed by atoms with Crippen LogP contribution in [0.5, 0.6) is 0 Å². The van der Waals surface area contributed by atoms with Crippen LogP contribution in [0.3, 0.4) is 0 Å². The highest BCUT2D eigenvalue weighted by molar-refractivity contribution is 5.69. The minimum absolute atomic E-state index is 0.583. The number of aldehydes is 1.